The Morgan fingerprint density at radius 3 is 3.00 bits per heavy atom. The van der Waals surface area contributed by atoms with Gasteiger partial charge in [0, 0.05) is 23.0 Å². The molecule has 1 fully saturated rings. The fourth-order valence-corrected chi connectivity index (χ4v) is 3.50. The molecule has 1 saturated heterocycles. The van der Waals surface area contributed by atoms with Crippen molar-refractivity contribution in [3.63, 3.8) is 0 Å². The lowest BCUT2D eigenvalue weighted by atomic mass is 10.1. The quantitative estimate of drug-likeness (QED) is 0.778. The van der Waals surface area contributed by atoms with Crippen molar-refractivity contribution in [2.75, 3.05) is 0 Å². The third kappa shape index (κ3) is 2.47. The Kier molecular flexibility index (Phi) is 3.79. The van der Waals surface area contributed by atoms with Crippen LogP contribution in [0.2, 0.25) is 5.02 Å². The molecule has 0 N–H and O–H groups in total. The van der Waals surface area contributed by atoms with Crippen LogP contribution in [0.3, 0.4) is 0 Å². The summed E-state index contributed by atoms with van der Waals surface area (Å²) >= 11 is 5.99. The van der Waals surface area contributed by atoms with E-state index in [0.717, 1.165) is 19.3 Å². The molecule has 3 rings (SSSR count). The second kappa shape index (κ2) is 5.57. The van der Waals surface area contributed by atoms with Crippen LogP contribution in [0, 0.1) is 5.82 Å². The van der Waals surface area contributed by atoms with Gasteiger partial charge in [0.05, 0.1) is 6.04 Å². The lowest BCUT2D eigenvalue weighted by Gasteiger charge is -2.31. The number of benzene rings is 1. The summed E-state index contributed by atoms with van der Waals surface area (Å²) in [6.07, 6.45) is 8.04. The van der Waals surface area contributed by atoms with Crippen LogP contribution in [0.5, 0.6) is 0 Å². The van der Waals surface area contributed by atoms with Gasteiger partial charge in [0.2, 0.25) is 5.91 Å². The fraction of sp³-hybridized carbons (Fsp3) is 0.438. The molecule has 2 aliphatic heterocycles. The SMILES string of the molecule is O=C(CCc1c(F)cccc1Cl)N1C2C=CCC1CC2. The van der Waals surface area contributed by atoms with E-state index in [1.165, 1.54) is 6.07 Å². The Bertz CT molecular complexity index is 537. The van der Waals surface area contributed by atoms with Gasteiger partial charge in [-0.25, -0.2) is 4.39 Å². The Morgan fingerprint density at radius 2 is 2.25 bits per heavy atom. The summed E-state index contributed by atoms with van der Waals surface area (Å²) in [6, 6.07) is 5.22. The van der Waals surface area contributed by atoms with E-state index in [4.69, 9.17) is 11.6 Å². The second-order valence-corrected chi connectivity index (χ2v) is 5.87. The van der Waals surface area contributed by atoms with Crippen LogP contribution in [-0.4, -0.2) is 22.9 Å². The molecule has 2 nitrogen and oxygen atoms in total. The van der Waals surface area contributed by atoms with Gasteiger partial charge in [-0.15, -0.1) is 0 Å². The van der Waals surface area contributed by atoms with Gasteiger partial charge in [-0.05, 0) is 37.8 Å². The van der Waals surface area contributed by atoms with Crippen LogP contribution >= 0.6 is 11.6 Å². The maximum Gasteiger partial charge on any atom is 0.223 e. The average molecular weight is 294 g/mol. The zero-order valence-electron chi connectivity index (χ0n) is 11.2. The summed E-state index contributed by atoms with van der Waals surface area (Å²) < 4.78 is 13.7. The average Bonchev–Trinajstić information content (AvgIpc) is 2.68. The highest BCUT2D eigenvalue weighted by Gasteiger charge is 2.36. The molecule has 0 saturated carbocycles. The molecule has 2 bridgehead atoms. The largest absolute Gasteiger partial charge is 0.333 e. The Balaban J connectivity index is 1.67. The summed E-state index contributed by atoms with van der Waals surface area (Å²) in [5.41, 5.74) is 0.447. The predicted octanol–water partition coefficient (Wildman–Crippen LogP) is 3.73. The van der Waals surface area contributed by atoms with E-state index in [1.807, 2.05) is 4.90 Å². The number of halogens is 2. The first-order valence-electron chi connectivity index (χ1n) is 7.07. The summed E-state index contributed by atoms with van der Waals surface area (Å²) in [7, 11) is 0. The third-order valence-corrected chi connectivity index (χ3v) is 4.61. The van der Waals surface area contributed by atoms with Crippen molar-refractivity contribution in [3.05, 3.63) is 46.8 Å². The number of hydrogen-bond donors (Lipinski definition) is 0. The highest BCUT2D eigenvalue weighted by molar-refractivity contribution is 6.31. The van der Waals surface area contributed by atoms with Gasteiger partial charge in [-0.1, -0.05) is 29.8 Å². The smallest absolute Gasteiger partial charge is 0.223 e. The Hall–Kier alpha value is -1.35. The molecule has 2 unspecified atom stereocenters. The molecule has 2 atom stereocenters. The second-order valence-electron chi connectivity index (χ2n) is 5.46. The first kappa shape index (κ1) is 13.6. The van der Waals surface area contributed by atoms with Gasteiger partial charge < -0.3 is 4.90 Å². The molecule has 106 valence electrons. The summed E-state index contributed by atoms with van der Waals surface area (Å²) in [5, 5.41) is 0.402. The van der Waals surface area contributed by atoms with Gasteiger partial charge in [0.15, 0.2) is 0 Å². The lowest BCUT2D eigenvalue weighted by molar-refractivity contribution is -0.133. The van der Waals surface area contributed by atoms with Crippen molar-refractivity contribution in [2.45, 2.75) is 44.2 Å². The summed E-state index contributed by atoms with van der Waals surface area (Å²) in [6.45, 7) is 0. The van der Waals surface area contributed by atoms with Crippen LogP contribution in [0.15, 0.2) is 30.4 Å². The van der Waals surface area contributed by atoms with Gasteiger partial charge >= 0.3 is 0 Å². The van der Waals surface area contributed by atoms with E-state index < -0.39 is 0 Å². The van der Waals surface area contributed by atoms with E-state index in [0.29, 0.717) is 29.5 Å². The highest BCUT2D eigenvalue weighted by atomic mass is 35.5. The van der Waals surface area contributed by atoms with Gasteiger partial charge in [-0.3, -0.25) is 4.79 Å². The summed E-state index contributed by atoms with van der Waals surface area (Å²) in [4.78, 5) is 14.4. The zero-order chi connectivity index (χ0) is 14.1. The molecule has 0 aromatic heterocycles. The van der Waals surface area contributed by atoms with Crippen LogP contribution in [0.25, 0.3) is 0 Å². The number of rotatable bonds is 3. The standard InChI is InChI=1S/C16H17ClFNO/c17-14-5-2-6-15(18)13(14)9-10-16(20)19-11-3-1-4-12(19)8-7-11/h1-3,5-6,11-12H,4,7-10H2. The topological polar surface area (TPSA) is 20.3 Å². The minimum atomic E-state index is -0.327. The number of carbonyl (C=O) groups is 1. The van der Waals surface area contributed by atoms with E-state index >= 15 is 0 Å². The first-order valence-corrected chi connectivity index (χ1v) is 7.45. The Labute approximate surface area is 123 Å². The van der Waals surface area contributed by atoms with E-state index in [-0.39, 0.29) is 17.8 Å². The third-order valence-electron chi connectivity index (χ3n) is 4.25. The van der Waals surface area contributed by atoms with Gasteiger partial charge in [-0.2, -0.15) is 0 Å². The van der Waals surface area contributed by atoms with E-state index in [9.17, 15) is 9.18 Å². The molecule has 0 radical (unpaired) electrons. The number of nitrogens with zero attached hydrogens (tertiary/aromatic N) is 1. The molecule has 1 aromatic carbocycles. The molecule has 1 aromatic rings. The fourth-order valence-electron chi connectivity index (χ4n) is 3.25. The Morgan fingerprint density at radius 1 is 1.40 bits per heavy atom. The van der Waals surface area contributed by atoms with Crippen molar-refractivity contribution in [3.8, 4) is 0 Å². The monoisotopic (exact) mass is 293 g/mol. The first-order chi connectivity index (χ1) is 9.66. The molecule has 2 aliphatic rings. The number of hydrogen-bond acceptors (Lipinski definition) is 1. The van der Waals surface area contributed by atoms with Crippen molar-refractivity contribution in [2.24, 2.45) is 0 Å². The van der Waals surface area contributed by atoms with Gasteiger partial charge in [0.1, 0.15) is 5.82 Å². The normalized spacial score (nSPS) is 24.2. The van der Waals surface area contributed by atoms with Crippen LogP contribution < -0.4 is 0 Å². The van der Waals surface area contributed by atoms with Crippen molar-refractivity contribution in [1.82, 2.24) is 4.90 Å². The number of amides is 1. The minimum Gasteiger partial charge on any atom is -0.333 e. The summed E-state index contributed by atoms with van der Waals surface area (Å²) in [5.74, 6) is -0.215. The molecule has 2 heterocycles. The predicted molar refractivity (Wildman–Crippen MR) is 77.1 cm³/mol. The van der Waals surface area contributed by atoms with E-state index in [1.54, 1.807) is 12.1 Å². The molecule has 0 aliphatic carbocycles. The molecule has 1 amide bonds. The molecule has 0 spiro atoms. The van der Waals surface area contributed by atoms with Crippen molar-refractivity contribution < 1.29 is 9.18 Å². The number of fused-ring (bicyclic) bond motifs is 2. The van der Waals surface area contributed by atoms with Crippen LogP contribution in [0.4, 0.5) is 4.39 Å². The van der Waals surface area contributed by atoms with Crippen molar-refractivity contribution in [1.29, 1.82) is 0 Å². The molecular weight excluding hydrogens is 277 g/mol. The number of carbonyl (C=O) groups excluding carboxylic acids is 1. The minimum absolute atomic E-state index is 0.112. The maximum atomic E-state index is 13.7. The highest BCUT2D eigenvalue weighted by Crippen LogP contribution is 2.32. The van der Waals surface area contributed by atoms with Crippen LogP contribution in [0.1, 0.15) is 31.2 Å². The zero-order valence-corrected chi connectivity index (χ0v) is 11.9. The van der Waals surface area contributed by atoms with Crippen LogP contribution in [-0.2, 0) is 11.2 Å². The van der Waals surface area contributed by atoms with E-state index in [2.05, 4.69) is 12.2 Å². The molecular formula is C16H17ClFNO. The molecule has 20 heavy (non-hydrogen) atoms. The maximum absolute atomic E-state index is 13.7. The van der Waals surface area contributed by atoms with Crippen molar-refractivity contribution >= 4 is 17.5 Å². The molecule has 4 heteroatoms. The van der Waals surface area contributed by atoms with Gasteiger partial charge in [0.25, 0.3) is 0 Å². The lowest BCUT2D eigenvalue weighted by Crippen LogP contribution is -2.42.